The van der Waals surface area contributed by atoms with Crippen molar-refractivity contribution in [2.24, 2.45) is 5.73 Å². The van der Waals surface area contributed by atoms with Crippen molar-refractivity contribution in [3.05, 3.63) is 24.2 Å². The molecule has 14 heavy (non-hydrogen) atoms. The van der Waals surface area contributed by atoms with Gasteiger partial charge in [0.05, 0.1) is 18.6 Å². The van der Waals surface area contributed by atoms with Gasteiger partial charge in [-0.25, -0.2) is 0 Å². The summed E-state index contributed by atoms with van der Waals surface area (Å²) in [6.07, 6.45) is 5.10. The molecule has 2 rings (SSSR count). The molecule has 2 heterocycles. The van der Waals surface area contributed by atoms with Gasteiger partial charge in [0.1, 0.15) is 0 Å². The topological polar surface area (TPSA) is 59.5 Å². The molecule has 0 aromatic carbocycles. The van der Waals surface area contributed by atoms with Gasteiger partial charge >= 0.3 is 0 Å². The molecule has 1 unspecified atom stereocenters. The number of amides is 1. The molecule has 0 saturated carbocycles. The molecule has 0 spiro atoms. The van der Waals surface area contributed by atoms with Crippen LogP contribution in [0.4, 0.5) is 0 Å². The first-order valence-electron chi connectivity index (χ1n) is 4.82. The Labute approximate surface area is 82.7 Å². The number of rotatable bonds is 4. The zero-order chi connectivity index (χ0) is 9.97. The van der Waals surface area contributed by atoms with E-state index in [4.69, 9.17) is 10.2 Å². The van der Waals surface area contributed by atoms with E-state index in [9.17, 15) is 4.79 Å². The molecule has 2 N–H and O–H groups in total. The summed E-state index contributed by atoms with van der Waals surface area (Å²) in [5, 5.41) is 0. The van der Waals surface area contributed by atoms with Crippen LogP contribution in [0.5, 0.6) is 0 Å². The average Bonchev–Trinajstić information content (AvgIpc) is 2.52. The number of carbonyl (C=O) groups is 1. The van der Waals surface area contributed by atoms with Crippen LogP contribution >= 0.6 is 0 Å². The summed E-state index contributed by atoms with van der Waals surface area (Å²) < 4.78 is 4.96. The largest absolute Gasteiger partial charge is 0.472 e. The van der Waals surface area contributed by atoms with Crippen molar-refractivity contribution >= 4 is 5.91 Å². The zero-order valence-corrected chi connectivity index (χ0v) is 7.98. The van der Waals surface area contributed by atoms with E-state index in [1.807, 2.05) is 6.07 Å². The second-order valence-corrected chi connectivity index (χ2v) is 3.64. The maximum Gasteiger partial charge on any atom is 0.235 e. The van der Waals surface area contributed by atoms with Crippen molar-refractivity contribution in [3.63, 3.8) is 0 Å². The molecule has 1 aliphatic rings. The number of carbonyl (C=O) groups excluding carboxylic acids is 1. The van der Waals surface area contributed by atoms with Crippen molar-refractivity contribution in [1.29, 1.82) is 0 Å². The van der Waals surface area contributed by atoms with Gasteiger partial charge in [-0.1, -0.05) is 0 Å². The first-order chi connectivity index (χ1) is 6.77. The molecule has 1 amide bonds. The van der Waals surface area contributed by atoms with Crippen LogP contribution in [0.3, 0.4) is 0 Å². The van der Waals surface area contributed by atoms with Gasteiger partial charge in [-0.05, 0) is 18.1 Å². The van der Waals surface area contributed by atoms with Gasteiger partial charge in [0.15, 0.2) is 0 Å². The highest BCUT2D eigenvalue weighted by Gasteiger charge is 2.28. The minimum absolute atomic E-state index is 0.165. The Bertz CT molecular complexity index is 304. The van der Waals surface area contributed by atoms with Crippen molar-refractivity contribution in [3.8, 4) is 0 Å². The molecule has 1 fully saturated rings. The number of primary amides is 1. The maximum atomic E-state index is 11.2. The summed E-state index contributed by atoms with van der Waals surface area (Å²) in [5.41, 5.74) is 6.38. The highest BCUT2D eigenvalue weighted by Crippen LogP contribution is 2.15. The lowest BCUT2D eigenvalue weighted by atomic mass is 10.0. The molecular formula is C10H14N2O2. The lowest BCUT2D eigenvalue weighted by Gasteiger charge is -2.36. The van der Waals surface area contributed by atoms with Crippen molar-refractivity contribution in [2.45, 2.75) is 18.9 Å². The van der Waals surface area contributed by atoms with Crippen LogP contribution in [0, 0.1) is 0 Å². The molecule has 1 atom stereocenters. The fourth-order valence-corrected chi connectivity index (χ4v) is 1.69. The first kappa shape index (κ1) is 9.27. The Morgan fingerprint density at radius 2 is 2.43 bits per heavy atom. The van der Waals surface area contributed by atoms with E-state index in [0.717, 1.165) is 25.1 Å². The van der Waals surface area contributed by atoms with E-state index >= 15 is 0 Å². The quantitative estimate of drug-likeness (QED) is 0.753. The van der Waals surface area contributed by atoms with E-state index in [0.29, 0.717) is 6.42 Å². The van der Waals surface area contributed by atoms with Gasteiger partial charge in [0.2, 0.25) is 5.91 Å². The predicted octanol–water partition coefficient (Wildman–Crippen LogP) is 0.382. The Morgan fingerprint density at radius 1 is 1.64 bits per heavy atom. The van der Waals surface area contributed by atoms with Crippen LogP contribution < -0.4 is 5.73 Å². The molecule has 1 aliphatic heterocycles. The van der Waals surface area contributed by atoms with E-state index in [1.54, 1.807) is 12.5 Å². The molecule has 4 nitrogen and oxygen atoms in total. The number of likely N-dealkylation sites (tertiary alicyclic amines) is 1. The second-order valence-electron chi connectivity index (χ2n) is 3.64. The molecule has 1 saturated heterocycles. The monoisotopic (exact) mass is 194 g/mol. The fourth-order valence-electron chi connectivity index (χ4n) is 1.69. The average molecular weight is 194 g/mol. The minimum Gasteiger partial charge on any atom is -0.472 e. The first-order valence-corrected chi connectivity index (χ1v) is 4.82. The molecule has 0 radical (unpaired) electrons. The van der Waals surface area contributed by atoms with Gasteiger partial charge < -0.3 is 10.2 Å². The van der Waals surface area contributed by atoms with Crippen LogP contribution in [0.15, 0.2) is 23.0 Å². The van der Waals surface area contributed by atoms with Gasteiger partial charge in [0, 0.05) is 19.5 Å². The smallest absolute Gasteiger partial charge is 0.235 e. The van der Waals surface area contributed by atoms with Crippen molar-refractivity contribution in [2.75, 3.05) is 13.1 Å². The summed E-state index contributed by atoms with van der Waals surface area (Å²) >= 11 is 0. The SMILES string of the molecule is NC(=O)C(Cc1ccoc1)N1CCC1. The highest BCUT2D eigenvalue weighted by atomic mass is 16.3. The van der Waals surface area contributed by atoms with Gasteiger partial charge in [0.25, 0.3) is 0 Å². The maximum absolute atomic E-state index is 11.2. The molecule has 1 aromatic rings. The standard InChI is InChI=1S/C10H14N2O2/c11-10(13)9(12-3-1-4-12)6-8-2-5-14-7-8/h2,5,7,9H,1,3-4,6H2,(H2,11,13). The third-order valence-corrected chi connectivity index (χ3v) is 2.67. The molecular weight excluding hydrogens is 180 g/mol. The van der Waals surface area contributed by atoms with Crippen molar-refractivity contribution < 1.29 is 9.21 Å². The van der Waals surface area contributed by atoms with Crippen LogP contribution in [0.1, 0.15) is 12.0 Å². The van der Waals surface area contributed by atoms with Crippen molar-refractivity contribution in [1.82, 2.24) is 4.90 Å². The molecule has 1 aromatic heterocycles. The molecule has 4 heteroatoms. The summed E-state index contributed by atoms with van der Waals surface area (Å²) in [7, 11) is 0. The van der Waals surface area contributed by atoms with Gasteiger partial charge in [-0.15, -0.1) is 0 Å². The summed E-state index contributed by atoms with van der Waals surface area (Å²) in [4.78, 5) is 13.3. The Morgan fingerprint density at radius 3 is 2.86 bits per heavy atom. The number of nitrogens with zero attached hydrogens (tertiary/aromatic N) is 1. The van der Waals surface area contributed by atoms with E-state index in [-0.39, 0.29) is 11.9 Å². The predicted molar refractivity (Wildman–Crippen MR) is 51.6 cm³/mol. The Kier molecular flexibility index (Phi) is 2.54. The third kappa shape index (κ3) is 1.80. The number of hydrogen-bond acceptors (Lipinski definition) is 3. The van der Waals surface area contributed by atoms with E-state index in [1.165, 1.54) is 0 Å². The third-order valence-electron chi connectivity index (χ3n) is 2.67. The minimum atomic E-state index is -0.245. The second kappa shape index (κ2) is 3.84. The van der Waals surface area contributed by atoms with Gasteiger partial charge in [-0.2, -0.15) is 0 Å². The zero-order valence-electron chi connectivity index (χ0n) is 7.98. The summed E-state index contributed by atoms with van der Waals surface area (Å²) in [6, 6.07) is 1.71. The van der Waals surface area contributed by atoms with Crippen LogP contribution in [0.2, 0.25) is 0 Å². The molecule has 0 aliphatic carbocycles. The Balaban J connectivity index is 2.00. The molecule has 76 valence electrons. The van der Waals surface area contributed by atoms with E-state index in [2.05, 4.69) is 4.90 Å². The summed E-state index contributed by atoms with van der Waals surface area (Å²) in [6.45, 7) is 1.96. The highest BCUT2D eigenvalue weighted by molar-refractivity contribution is 5.80. The lowest BCUT2D eigenvalue weighted by Crippen LogP contribution is -2.52. The van der Waals surface area contributed by atoms with Crippen LogP contribution in [-0.4, -0.2) is 29.9 Å². The summed E-state index contributed by atoms with van der Waals surface area (Å²) in [5.74, 6) is -0.245. The molecule has 0 bridgehead atoms. The fraction of sp³-hybridized carbons (Fsp3) is 0.500. The number of hydrogen-bond donors (Lipinski definition) is 1. The van der Waals surface area contributed by atoms with Crippen LogP contribution in [0.25, 0.3) is 0 Å². The normalized spacial score (nSPS) is 18.9. The lowest BCUT2D eigenvalue weighted by molar-refractivity contribution is -0.124. The number of nitrogens with two attached hydrogens (primary N) is 1. The Hall–Kier alpha value is -1.29. The van der Waals surface area contributed by atoms with Crippen LogP contribution in [-0.2, 0) is 11.2 Å². The number of furan rings is 1. The van der Waals surface area contributed by atoms with Gasteiger partial charge in [-0.3, -0.25) is 9.69 Å². The van der Waals surface area contributed by atoms with E-state index < -0.39 is 0 Å².